The molecule has 0 fully saturated rings. The standard InChI is InChI=1S/C69H81BN2/c1-63(2,3)45-26-24-44(25-27-45)52-38-48(65(7,8)9)30-34-57(52)72-59-43-54-53(67(13,14)36-37-68(54,15)16)42-56(59)70-55-39-49(69(17,18)47-22-20-19-21-23-47)31-35-58(55)71(51-32-28-46(29-33-51)64(4,5)6)60-40-50(66(10,11)12)41-61(72)62(60)70/h19-35,38-43H,36-37H2,1-18H3. The van der Waals surface area contributed by atoms with Crippen molar-refractivity contribution in [3.05, 3.63) is 184 Å². The maximum atomic E-state index is 2.72. The molecule has 0 saturated carbocycles. The van der Waals surface area contributed by atoms with Crippen LogP contribution in [0.1, 0.15) is 182 Å². The van der Waals surface area contributed by atoms with Gasteiger partial charge in [0.25, 0.3) is 6.71 Å². The molecule has 0 saturated heterocycles. The van der Waals surface area contributed by atoms with Crippen LogP contribution >= 0.6 is 0 Å². The Morgan fingerprint density at radius 2 is 0.847 bits per heavy atom. The van der Waals surface area contributed by atoms with Crippen LogP contribution in [0.2, 0.25) is 0 Å². The summed E-state index contributed by atoms with van der Waals surface area (Å²) >= 11 is 0. The topological polar surface area (TPSA) is 6.48 Å². The van der Waals surface area contributed by atoms with Crippen LogP contribution in [0.3, 0.4) is 0 Å². The number of hydrogen-bond donors (Lipinski definition) is 0. The van der Waals surface area contributed by atoms with Gasteiger partial charge in [0, 0.05) is 39.4 Å². The summed E-state index contributed by atoms with van der Waals surface area (Å²) in [7, 11) is 0. The molecule has 7 aromatic carbocycles. The molecule has 3 aliphatic rings. The number of hydrogen-bond acceptors (Lipinski definition) is 2. The maximum absolute atomic E-state index is 2.72. The zero-order valence-corrected chi connectivity index (χ0v) is 47.2. The van der Waals surface area contributed by atoms with Gasteiger partial charge in [-0.1, -0.05) is 216 Å². The van der Waals surface area contributed by atoms with Crippen LogP contribution in [0.15, 0.2) is 140 Å². The van der Waals surface area contributed by atoms with E-state index in [1.165, 1.54) is 106 Å². The van der Waals surface area contributed by atoms with E-state index < -0.39 is 0 Å². The SMILES string of the molecule is CC(C)(C)c1ccc(-c2cc(C(C)(C)C)ccc2N2c3cc4c(cc3B3c5cc(C(C)(C)c6ccccc6)ccc5N(c5ccc(C(C)(C)C)cc5)c5cc(C(C)(C)C)cc2c53)C(C)(C)CCC4(C)C)cc1. The minimum atomic E-state index is -0.230. The summed E-state index contributed by atoms with van der Waals surface area (Å²) in [5, 5.41) is 0. The molecule has 2 heterocycles. The molecule has 0 amide bonds. The first-order valence-electron chi connectivity index (χ1n) is 27.0. The van der Waals surface area contributed by atoms with E-state index in [9.17, 15) is 0 Å². The first-order valence-corrected chi connectivity index (χ1v) is 27.0. The first-order chi connectivity index (χ1) is 33.5. The third-order valence-electron chi connectivity index (χ3n) is 17.3. The fourth-order valence-electron chi connectivity index (χ4n) is 12.1. The van der Waals surface area contributed by atoms with Gasteiger partial charge in [0.05, 0.1) is 5.69 Å². The third kappa shape index (κ3) is 8.36. The number of rotatable bonds is 5. The van der Waals surface area contributed by atoms with Crippen molar-refractivity contribution in [1.82, 2.24) is 0 Å². The first kappa shape index (κ1) is 49.8. The molecule has 0 unspecified atom stereocenters. The molecule has 0 bridgehead atoms. The van der Waals surface area contributed by atoms with Crippen molar-refractivity contribution in [2.45, 2.75) is 175 Å². The molecule has 2 nitrogen and oxygen atoms in total. The van der Waals surface area contributed by atoms with Crippen LogP contribution in [0, 0.1) is 0 Å². The summed E-state index contributed by atoms with van der Waals surface area (Å²) in [6, 6.07) is 55.4. The van der Waals surface area contributed by atoms with Gasteiger partial charge in [0.15, 0.2) is 0 Å². The Balaban J connectivity index is 1.36. The van der Waals surface area contributed by atoms with Crippen LogP contribution in [-0.4, -0.2) is 6.71 Å². The molecule has 0 N–H and O–H groups in total. The molecule has 0 radical (unpaired) electrons. The van der Waals surface area contributed by atoms with E-state index in [4.69, 9.17) is 0 Å². The lowest BCUT2D eigenvalue weighted by Crippen LogP contribution is -2.62. The van der Waals surface area contributed by atoms with Crippen molar-refractivity contribution in [3.8, 4) is 11.1 Å². The Kier molecular flexibility index (Phi) is 11.5. The molecule has 2 aliphatic heterocycles. The van der Waals surface area contributed by atoms with Crippen molar-refractivity contribution in [1.29, 1.82) is 0 Å². The van der Waals surface area contributed by atoms with E-state index in [2.05, 4.69) is 274 Å². The van der Waals surface area contributed by atoms with E-state index in [0.717, 1.165) is 12.8 Å². The van der Waals surface area contributed by atoms with Crippen LogP contribution in [-0.2, 0) is 37.9 Å². The van der Waals surface area contributed by atoms with Crippen LogP contribution in [0.25, 0.3) is 11.1 Å². The lowest BCUT2D eigenvalue weighted by Gasteiger charge is -2.48. The average molecular weight is 949 g/mol. The fraction of sp³-hybridized carbons (Fsp3) is 0.391. The van der Waals surface area contributed by atoms with Gasteiger partial charge < -0.3 is 9.80 Å². The van der Waals surface area contributed by atoms with E-state index in [-0.39, 0.29) is 44.6 Å². The highest BCUT2D eigenvalue weighted by molar-refractivity contribution is 7.00. The van der Waals surface area contributed by atoms with Crippen molar-refractivity contribution < 1.29 is 0 Å². The molecule has 10 rings (SSSR count). The van der Waals surface area contributed by atoms with E-state index >= 15 is 0 Å². The smallest absolute Gasteiger partial charge is 0.252 e. The van der Waals surface area contributed by atoms with E-state index in [1.54, 1.807) is 0 Å². The summed E-state index contributed by atoms with van der Waals surface area (Å²) in [6.45, 7) is 42.8. The zero-order chi connectivity index (χ0) is 51.9. The maximum Gasteiger partial charge on any atom is 0.252 e. The molecule has 1 aliphatic carbocycles. The van der Waals surface area contributed by atoms with Crippen molar-refractivity contribution >= 4 is 57.2 Å². The number of benzene rings is 7. The number of anilines is 6. The largest absolute Gasteiger partial charge is 0.311 e. The molecular formula is C69H81BN2. The lowest BCUT2D eigenvalue weighted by molar-refractivity contribution is 0.332. The van der Waals surface area contributed by atoms with Crippen LogP contribution in [0.4, 0.5) is 34.1 Å². The number of nitrogens with zero attached hydrogens (tertiary/aromatic N) is 2. The second-order valence-corrected chi connectivity index (χ2v) is 27.9. The highest BCUT2D eigenvalue weighted by Gasteiger charge is 2.48. The van der Waals surface area contributed by atoms with Gasteiger partial charge in [-0.25, -0.2) is 0 Å². The van der Waals surface area contributed by atoms with Gasteiger partial charge in [-0.15, -0.1) is 0 Å². The van der Waals surface area contributed by atoms with Crippen LogP contribution < -0.4 is 26.2 Å². The summed E-state index contributed by atoms with van der Waals surface area (Å²) in [4.78, 5) is 5.34. The normalized spacial score (nSPS) is 16.2. The van der Waals surface area contributed by atoms with Gasteiger partial charge in [0.2, 0.25) is 0 Å². The van der Waals surface area contributed by atoms with Gasteiger partial charge >= 0.3 is 0 Å². The Morgan fingerprint density at radius 1 is 0.375 bits per heavy atom. The zero-order valence-electron chi connectivity index (χ0n) is 47.2. The molecule has 370 valence electrons. The second kappa shape index (κ2) is 16.6. The average Bonchev–Trinajstić information content (AvgIpc) is 3.31. The van der Waals surface area contributed by atoms with Crippen LogP contribution in [0.5, 0.6) is 0 Å². The minimum absolute atomic E-state index is 0.0132. The van der Waals surface area contributed by atoms with Crippen molar-refractivity contribution in [2.24, 2.45) is 0 Å². The van der Waals surface area contributed by atoms with Gasteiger partial charge in [-0.3, -0.25) is 0 Å². The Hall–Kier alpha value is -5.80. The summed E-state index contributed by atoms with van der Waals surface area (Å²) < 4.78 is 0. The highest BCUT2D eigenvalue weighted by Crippen LogP contribution is 2.53. The molecule has 0 atom stereocenters. The van der Waals surface area contributed by atoms with E-state index in [0.29, 0.717) is 0 Å². The monoisotopic (exact) mass is 949 g/mol. The second-order valence-electron chi connectivity index (χ2n) is 27.9. The minimum Gasteiger partial charge on any atom is -0.311 e. The molecule has 0 aromatic heterocycles. The molecular weight excluding hydrogens is 868 g/mol. The fourth-order valence-corrected chi connectivity index (χ4v) is 12.1. The molecule has 72 heavy (non-hydrogen) atoms. The Bertz CT molecular complexity index is 3230. The predicted octanol–water partition coefficient (Wildman–Crippen LogP) is 17.3. The van der Waals surface area contributed by atoms with Crippen molar-refractivity contribution in [3.63, 3.8) is 0 Å². The Morgan fingerprint density at radius 3 is 1.40 bits per heavy atom. The molecule has 3 heteroatoms. The lowest BCUT2D eigenvalue weighted by atomic mass is 9.32. The van der Waals surface area contributed by atoms with E-state index in [1.807, 2.05) is 0 Å². The van der Waals surface area contributed by atoms with Gasteiger partial charge in [-0.2, -0.15) is 0 Å². The summed E-state index contributed by atoms with van der Waals surface area (Å²) in [5.41, 5.74) is 24.8. The van der Waals surface area contributed by atoms with Gasteiger partial charge in [-0.05, 0) is 160 Å². The molecule has 0 spiro atoms. The van der Waals surface area contributed by atoms with Gasteiger partial charge in [0.1, 0.15) is 0 Å². The molecule has 7 aromatic rings. The number of fused-ring (bicyclic) bond motifs is 5. The summed E-state index contributed by atoms with van der Waals surface area (Å²) in [5.74, 6) is 0. The predicted molar refractivity (Wildman–Crippen MR) is 315 cm³/mol. The highest BCUT2D eigenvalue weighted by atomic mass is 15.2. The third-order valence-corrected chi connectivity index (χ3v) is 17.3. The Labute approximate surface area is 435 Å². The quantitative estimate of drug-likeness (QED) is 0.159. The van der Waals surface area contributed by atoms with Crippen molar-refractivity contribution in [2.75, 3.05) is 9.80 Å². The summed E-state index contributed by atoms with van der Waals surface area (Å²) in [6.07, 6.45) is 2.31.